The van der Waals surface area contributed by atoms with E-state index in [0.717, 1.165) is 22.3 Å². The second-order valence-corrected chi connectivity index (χ2v) is 6.15. The first-order valence-corrected chi connectivity index (χ1v) is 8.91. The lowest BCUT2D eigenvalue weighted by atomic mass is 10.1. The molecule has 138 valence electrons. The normalized spacial score (nSPS) is 12.2. The van der Waals surface area contributed by atoms with Crippen molar-refractivity contribution in [3.63, 3.8) is 0 Å². The molecule has 1 atom stereocenters. The molecule has 27 heavy (non-hydrogen) atoms. The van der Waals surface area contributed by atoms with E-state index in [4.69, 9.17) is 5.73 Å². The summed E-state index contributed by atoms with van der Waals surface area (Å²) in [6.45, 7) is 1.06. The topological polar surface area (TPSA) is 92.9 Å². The van der Waals surface area contributed by atoms with Crippen LogP contribution >= 0.6 is 0 Å². The summed E-state index contributed by atoms with van der Waals surface area (Å²) in [6, 6.07) is 17.3. The van der Waals surface area contributed by atoms with Gasteiger partial charge in [-0.1, -0.05) is 54.6 Å². The fourth-order valence-corrected chi connectivity index (χ4v) is 2.68. The third-order valence-corrected chi connectivity index (χ3v) is 4.04. The first-order chi connectivity index (χ1) is 13.2. The molecule has 0 spiro atoms. The van der Waals surface area contributed by atoms with Crippen molar-refractivity contribution in [1.82, 2.24) is 15.3 Å². The number of hydrogen-bond donors (Lipinski definition) is 3. The van der Waals surface area contributed by atoms with Crippen LogP contribution in [0.3, 0.4) is 0 Å². The van der Waals surface area contributed by atoms with Crippen molar-refractivity contribution in [2.75, 3.05) is 18.4 Å². The smallest absolute Gasteiger partial charge is 0.221 e. The lowest BCUT2D eigenvalue weighted by Gasteiger charge is -2.10. The van der Waals surface area contributed by atoms with Crippen molar-refractivity contribution in [2.24, 2.45) is 5.73 Å². The predicted octanol–water partition coefficient (Wildman–Crippen LogP) is 2.59. The van der Waals surface area contributed by atoms with Gasteiger partial charge in [0.1, 0.15) is 12.1 Å². The van der Waals surface area contributed by atoms with Gasteiger partial charge in [0, 0.05) is 30.9 Å². The SMILES string of the molecule is NC(/C=C/c1ccccc1)CC(=O)NCCNc1ncnc2ccccc12. The lowest BCUT2D eigenvalue weighted by molar-refractivity contribution is -0.121. The van der Waals surface area contributed by atoms with Gasteiger partial charge in [-0.25, -0.2) is 9.97 Å². The van der Waals surface area contributed by atoms with Gasteiger partial charge in [-0.2, -0.15) is 0 Å². The van der Waals surface area contributed by atoms with E-state index in [9.17, 15) is 4.79 Å². The zero-order valence-corrected chi connectivity index (χ0v) is 15.0. The summed E-state index contributed by atoms with van der Waals surface area (Å²) < 4.78 is 0. The molecule has 0 saturated carbocycles. The van der Waals surface area contributed by atoms with Crippen molar-refractivity contribution >= 4 is 28.7 Å². The molecule has 1 aromatic heterocycles. The van der Waals surface area contributed by atoms with Crippen LogP contribution in [0.25, 0.3) is 17.0 Å². The number of carbonyl (C=O) groups is 1. The lowest BCUT2D eigenvalue weighted by Crippen LogP contribution is -2.33. The average Bonchev–Trinajstić information content (AvgIpc) is 2.70. The van der Waals surface area contributed by atoms with Crippen molar-refractivity contribution in [3.05, 3.63) is 72.6 Å². The Morgan fingerprint density at radius 3 is 2.67 bits per heavy atom. The summed E-state index contributed by atoms with van der Waals surface area (Å²) in [6.07, 6.45) is 5.56. The minimum atomic E-state index is -0.316. The standard InChI is InChI=1S/C21H23N5O/c22-17(11-10-16-6-2-1-3-7-16)14-20(27)23-12-13-24-21-18-8-4-5-9-19(18)25-15-26-21/h1-11,15,17H,12-14,22H2,(H,23,27)(H,24,25,26)/b11-10+. The predicted molar refractivity (Wildman–Crippen MR) is 109 cm³/mol. The van der Waals surface area contributed by atoms with E-state index in [0.29, 0.717) is 13.1 Å². The molecule has 3 rings (SSSR count). The van der Waals surface area contributed by atoms with Crippen LogP contribution in [0.4, 0.5) is 5.82 Å². The molecule has 0 bridgehead atoms. The van der Waals surface area contributed by atoms with Gasteiger partial charge in [-0.3, -0.25) is 4.79 Å². The second kappa shape index (κ2) is 9.45. The Kier molecular flexibility index (Phi) is 6.49. The Hall–Kier alpha value is -3.25. The summed E-state index contributed by atoms with van der Waals surface area (Å²) >= 11 is 0. The number of nitrogens with two attached hydrogens (primary N) is 1. The Morgan fingerprint density at radius 1 is 1.04 bits per heavy atom. The van der Waals surface area contributed by atoms with Crippen molar-refractivity contribution in [2.45, 2.75) is 12.5 Å². The van der Waals surface area contributed by atoms with E-state index >= 15 is 0 Å². The average molecular weight is 361 g/mol. The Labute approximate surface area is 158 Å². The summed E-state index contributed by atoms with van der Waals surface area (Å²) in [5.74, 6) is 0.687. The highest BCUT2D eigenvalue weighted by Gasteiger charge is 2.06. The Balaban J connectivity index is 1.41. The van der Waals surface area contributed by atoms with Crippen LogP contribution in [0.5, 0.6) is 0 Å². The van der Waals surface area contributed by atoms with Gasteiger partial charge in [0.15, 0.2) is 0 Å². The number of carbonyl (C=O) groups excluding carboxylic acids is 1. The van der Waals surface area contributed by atoms with Gasteiger partial charge in [0.05, 0.1) is 5.52 Å². The fraction of sp³-hybridized carbons (Fsp3) is 0.190. The molecule has 0 aliphatic carbocycles. The van der Waals surface area contributed by atoms with Crippen molar-refractivity contribution in [1.29, 1.82) is 0 Å². The second-order valence-electron chi connectivity index (χ2n) is 6.15. The monoisotopic (exact) mass is 361 g/mol. The highest BCUT2D eigenvalue weighted by Crippen LogP contribution is 2.17. The summed E-state index contributed by atoms with van der Waals surface area (Å²) in [5.41, 5.74) is 7.95. The summed E-state index contributed by atoms with van der Waals surface area (Å²) in [5, 5.41) is 7.06. The number of benzene rings is 2. The number of anilines is 1. The molecule has 1 amide bonds. The highest BCUT2D eigenvalue weighted by molar-refractivity contribution is 5.88. The van der Waals surface area contributed by atoms with E-state index in [2.05, 4.69) is 20.6 Å². The molecule has 0 aliphatic rings. The number of hydrogen-bond acceptors (Lipinski definition) is 5. The number of rotatable bonds is 8. The molecule has 6 nitrogen and oxygen atoms in total. The number of nitrogens with one attached hydrogen (secondary N) is 2. The van der Waals surface area contributed by atoms with E-state index in [1.165, 1.54) is 6.33 Å². The van der Waals surface area contributed by atoms with Crippen LogP contribution in [0, 0.1) is 0 Å². The first kappa shape index (κ1) is 18.5. The van der Waals surface area contributed by atoms with Crippen LogP contribution in [0.15, 0.2) is 67.0 Å². The van der Waals surface area contributed by atoms with Gasteiger partial charge in [0.25, 0.3) is 0 Å². The van der Waals surface area contributed by atoms with Crippen LogP contribution < -0.4 is 16.4 Å². The number of nitrogens with zero attached hydrogens (tertiary/aromatic N) is 2. The minimum absolute atomic E-state index is 0.0745. The van der Waals surface area contributed by atoms with Gasteiger partial charge < -0.3 is 16.4 Å². The van der Waals surface area contributed by atoms with Gasteiger partial charge in [-0.15, -0.1) is 0 Å². The molecule has 2 aromatic carbocycles. The third kappa shape index (κ3) is 5.62. The molecule has 1 heterocycles. The number of fused-ring (bicyclic) bond motifs is 1. The maximum Gasteiger partial charge on any atom is 0.221 e. The molecule has 3 aromatic rings. The quantitative estimate of drug-likeness (QED) is 0.536. The molecule has 6 heteroatoms. The van der Waals surface area contributed by atoms with Crippen LogP contribution in [0.2, 0.25) is 0 Å². The maximum absolute atomic E-state index is 12.0. The minimum Gasteiger partial charge on any atom is -0.368 e. The number of amides is 1. The van der Waals surface area contributed by atoms with Crippen molar-refractivity contribution < 1.29 is 4.79 Å². The molecule has 0 saturated heterocycles. The largest absolute Gasteiger partial charge is 0.368 e. The summed E-state index contributed by atoms with van der Waals surface area (Å²) in [4.78, 5) is 20.5. The highest BCUT2D eigenvalue weighted by atomic mass is 16.1. The van der Waals surface area contributed by atoms with Gasteiger partial charge in [-0.05, 0) is 17.7 Å². The van der Waals surface area contributed by atoms with Gasteiger partial charge in [0.2, 0.25) is 5.91 Å². The zero-order chi connectivity index (χ0) is 18.9. The summed E-state index contributed by atoms with van der Waals surface area (Å²) in [7, 11) is 0. The molecular formula is C21H23N5O. The Bertz CT molecular complexity index is 905. The molecule has 0 fully saturated rings. The zero-order valence-electron chi connectivity index (χ0n) is 15.0. The first-order valence-electron chi connectivity index (χ1n) is 8.91. The van der Waals surface area contributed by atoms with E-state index in [1.54, 1.807) is 0 Å². The Morgan fingerprint density at radius 2 is 1.81 bits per heavy atom. The van der Waals surface area contributed by atoms with E-state index in [-0.39, 0.29) is 18.4 Å². The molecule has 0 aliphatic heterocycles. The molecular weight excluding hydrogens is 338 g/mol. The van der Waals surface area contributed by atoms with Gasteiger partial charge >= 0.3 is 0 Å². The molecule has 1 unspecified atom stereocenters. The van der Waals surface area contributed by atoms with Crippen LogP contribution in [-0.2, 0) is 4.79 Å². The van der Waals surface area contributed by atoms with Crippen molar-refractivity contribution in [3.8, 4) is 0 Å². The van der Waals surface area contributed by atoms with E-state index < -0.39 is 0 Å². The van der Waals surface area contributed by atoms with Crippen LogP contribution in [-0.4, -0.2) is 35.0 Å². The van der Waals surface area contributed by atoms with Crippen LogP contribution in [0.1, 0.15) is 12.0 Å². The van der Waals surface area contributed by atoms with E-state index in [1.807, 2.05) is 66.7 Å². The molecule has 4 N–H and O–H groups in total. The fourth-order valence-electron chi connectivity index (χ4n) is 2.68. The third-order valence-electron chi connectivity index (χ3n) is 4.04. The molecule has 0 radical (unpaired) electrons. The number of para-hydroxylation sites is 1. The maximum atomic E-state index is 12.0. The number of aromatic nitrogens is 2.